The van der Waals surface area contributed by atoms with E-state index in [-0.39, 0.29) is 11.4 Å². The summed E-state index contributed by atoms with van der Waals surface area (Å²) < 4.78 is 37.2. The van der Waals surface area contributed by atoms with Crippen molar-refractivity contribution in [2.24, 2.45) is 0 Å². The number of hydrogen-bond donors (Lipinski definition) is 1. The highest BCUT2D eigenvalue weighted by Gasteiger charge is 2.26. The summed E-state index contributed by atoms with van der Waals surface area (Å²) in [4.78, 5) is 0.205. The van der Waals surface area contributed by atoms with Crippen molar-refractivity contribution in [2.75, 3.05) is 14.1 Å². The van der Waals surface area contributed by atoms with Crippen molar-refractivity contribution in [3.8, 4) is 0 Å². The summed E-state index contributed by atoms with van der Waals surface area (Å²) in [6.07, 6.45) is 1.55. The second-order valence-corrected chi connectivity index (χ2v) is 6.94. The van der Waals surface area contributed by atoms with Gasteiger partial charge in [-0.3, -0.25) is 0 Å². The third-order valence-corrected chi connectivity index (χ3v) is 5.23. The van der Waals surface area contributed by atoms with Gasteiger partial charge in [-0.2, -0.15) is 4.31 Å². The van der Waals surface area contributed by atoms with E-state index in [4.69, 9.17) is 8.83 Å². The summed E-state index contributed by atoms with van der Waals surface area (Å²) in [6.45, 7) is 4.21. The Morgan fingerprint density at radius 3 is 2.57 bits per heavy atom. The third kappa shape index (κ3) is 3.20. The number of nitrogens with one attached hydrogen (secondary N) is 1. The van der Waals surface area contributed by atoms with Gasteiger partial charge in [-0.15, -0.1) is 0 Å². The number of hydrogen-bond acceptors (Lipinski definition) is 5. The van der Waals surface area contributed by atoms with E-state index in [0.717, 1.165) is 11.3 Å². The van der Waals surface area contributed by atoms with Crippen LogP contribution in [-0.4, -0.2) is 26.8 Å². The van der Waals surface area contributed by atoms with E-state index in [0.29, 0.717) is 18.1 Å². The summed E-state index contributed by atoms with van der Waals surface area (Å²) in [5.74, 6) is 1.72. The van der Waals surface area contributed by atoms with Gasteiger partial charge < -0.3 is 14.2 Å². The van der Waals surface area contributed by atoms with Gasteiger partial charge in [0.05, 0.1) is 12.8 Å². The van der Waals surface area contributed by atoms with Gasteiger partial charge in [-0.05, 0) is 27.0 Å². The predicted molar refractivity (Wildman–Crippen MR) is 78.3 cm³/mol. The molecule has 2 heterocycles. The topological polar surface area (TPSA) is 75.7 Å². The van der Waals surface area contributed by atoms with E-state index in [2.05, 4.69) is 5.32 Å². The maximum absolute atomic E-state index is 12.6. The lowest BCUT2D eigenvalue weighted by Crippen LogP contribution is -2.26. The van der Waals surface area contributed by atoms with E-state index in [1.165, 1.54) is 4.31 Å². The molecule has 2 aromatic heterocycles. The van der Waals surface area contributed by atoms with Crippen molar-refractivity contribution in [3.05, 3.63) is 41.2 Å². The first-order valence-corrected chi connectivity index (χ1v) is 8.03. The van der Waals surface area contributed by atoms with Crippen LogP contribution in [0.3, 0.4) is 0 Å². The van der Waals surface area contributed by atoms with E-state index < -0.39 is 10.0 Å². The lowest BCUT2D eigenvalue weighted by atomic mass is 10.3. The zero-order valence-electron chi connectivity index (χ0n) is 12.6. The fourth-order valence-electron chi connectivity index (χ4n) is 2.11. The molecular weight excluding hydrogens is 292 g/mol. The molecule has 0 aromatic carbocycles. The Hall–Kier alpha value is -1.57. The molecule has 0 atom stereocenters. The normalized spacial score (nSPS) is 12.2. The summed E-state index contributed by atoms with van der Waals surface area (Å²) in [6, 6.07) is 3.34. The fraction of sp³-hybridized carbons (Fsp3) is 0.429. The first kappa shape index (κ1) is 15.8. The van der Waals surface area contributed by atoms with Crippen LogP contribution in [0.25, 0.3) is 0 Å². The number of sulfonamides is 1. The third-order valence-electron chi connectivity index (χ3n) is 3.32. The Morgan fingerprint density at radius 2 is 2.00 bits per heavy atom. The number of aryl methyl sites for hydroxylation is 2. The second-order valence-electron chi connectivity index (χ2n) is 4.93. The second kappa shape index (κ2) is 6.05. The molecule has 0 spiro atoms. The van der Waals surface area contributed by atoms with Crippen molar-refractivity contribution < 1.29 is 17.3 Å². The highest BCUT2D eigenvalue weighted by molar-refractivity contribution is 7.89. The highest BCUT2D eigenvalue weighted by Crippen LogP contribution is 2.24. The lowest BCUT2D eigenvalue weighted by Gasteiger charge is -2.16. The molecule has 0 radical (unpaired) electrons. The van der Waals surface area contributed by atoms with Crippen LogP contribution < -0.4 is 5.32 Å². The summed E-state index contributed by atoms with van der Waals surface area (Å²) >= 11 is 0. The zero-order valence-corrected chi connectivity index (χ0v) is 13.5. The molecule has 0 unspecified atom stereocenters. The van der Waals surface area contributed by atoms with Crippen molar-refractivity contribution in [1.29, 1.82) is 0 Å². The van der Waals surface area contributed by atoms with Crippen LogP contribution in [0.5, 0.6) is 0 Å². The van der Waals surface area contributed by atoms with Gasteiger partial charge in [0.15, 0.2) is 0 Å². The SMILES string of the molecule is CNCc1cc(S(=O)(=O)N(C)Cc2ccoc2C)c(C)o1. The van der Waals surface area contributed by atoms with Gasteiger partial charge in [0.2, 0.25) is 10.0 Å². The van der Waals surface area contributed by atoms with E-state index in [1.807, 2.05) is 6.92 Å². The van der Waals surface area contributed by atoms with Gasteiger partial charge in [0.25, 0.3) is 0 Å². The fourth-order valence-corrected chi connectivity index (χ4v) is 3.44. The molecule has 0 fully saturated rings. The van der Waals surface area contributed by atoms with Crippen LogP contribution in [0.2, 0.25) is 0 Å². The number of nitrogens with zero attached hydrogens (tertiary/aromatic N) is 1. The van der Waals surface area contributed by atoms with Crippen molar-refractivity contribution in [2.45, 2.75) is 31.8 Å². The van der Waals surface area contributed by atoms with Crippen molar-refractivity contribution >= 4 is 10.0 Å². The summed E-state index contributed by atoms with van der Waals surface area (Å²) in [5.41, 5.74) is 0.845. The van der Waals surface area contributed by atoms with Gasteiger partial charge in [-0.1, -0.05) is 0 Å². The maximum atomic E-state index is 12.6. The number of rotatable bonds is 6. The molecule has 6 nitrogen and oxygen atoms in total. The molecule has 0 aliphatic heterocycles. The highest BCUT2D eigenvalue weighted by atomic mass is 32.2. The molecule has 0 aliphatic rings. The Morgan fingerprint density at radius 1 is 1.29 bits per heavy atom. The van der Waals surface area contributed by atoms with Crippen LogP contribution in [0, 0.1) is 13.8 Å². The predicted octanol–water partition coefficient (Wildman–Crippen LogP) is 2.03. The average Bonchev–Trinajstić information content (AvgIpc) is 2.97. The van der Waals surface area contributed by atoms with E-state index in [1.54, 1.807) is 39.4 Å². The smallest absolute Gasteiger partial charge is 0.246 e. The van der Waals surface area contributed by atoms with Crippen molar-refractivity contribution in [3.63, 3.8) is 0 Å². The maximum Gasteiger partial charge on any atom is 0.246 e. The Bertz CT molecular complexity index is 715. The summed E-state index contributed by atoms with van der Waals surface area (Å²) in [7, 11) is -0.265. The van der Waals surface area contributed by atoms with Crippen LogP contribution >= 0.6 is 0 Å². The van der Waals surface area contributed by atoms with E-state index in [9.17, 15) is 8.42 Å². The molecule has 7 heteroatoms. The molecule has 0 saturated carbocycles. The Balaban J connectivity index is 2.26. The van der Waals surface area contributed by atoms with Crippen LogP contribution in [0.15, 0.2) is 32.1 Å². The van der Waals surface area contributed by atoms with Crippen LogP contribution in [0.4, 0.5) is 0 Å². The molecule has 0 amide bonds. The first-order chi connectivity index (χ1) is 9.86. The standard InChI is InChI=1S/C14H20N2O4S/c1-10-12(5-6-19-10)9-16(4)21(17,18)14-7-13(8-15-3)20-11(14)2/h5-7,15H,8-9H2,1-4H3. The average molecular weight is 312 g/mol. The Kier molecular flexibility index (Phi) is 4.55. The molecule has 21 heavy (non-hydrogen) atoms. The molecule has 0 saturated heterocycles. The minimum atomic E-state index is -3.59. The van der Waals surface area contributed by atoms with Gasteiger partial charge in [0, 0.05) is 25.2 Å². The van der Waals surface area contributed by atoms with Crippen LogP contribution in [-0.2, 0) is 23.1 Å². The van der Waals surface area contributed by atoms with Gasteiger partial charge in [-0.25, -0.2) is 8.42 Å². The minimum absolute atomic E-state index is 0.205. The lowest BCUT2D eigenvalue weighted by molar-refractivity contribution is 0.448. The first-order valence-electron chi connectivity index (χ1n) is 6.59. The summed E-state index contributed by atoms with van der Waals surface area (Å²) in [5, 5.41) is 2.93. The minimum Gasteiger partial charge on any atom is -0.469 e. The van der Waals surface area contributed by atoms with E-state index >= 15 is 0 Å². The zero-order chi connectivity index (χ0) is 15.6. The van der Waals surface area contributed by atoms with Gasteiger partial charge in [0.1, 0.15) is 22.2 Å². The molecule has 0 bridgehead atoms. The van der Waals surface area contributed by atoms with Gasteiger partial charge >= 0.3 is 0 Å². The quantitative estimate of drug-likeness (QED) is 0.883. The Labute approximate surface area is 124 Å². The largest absolute Gasteiger partial charge is 0.469 e. The molecule has 1 N–H and O–H groups in total. The molecule has 116 valence electrons. The van der Waals surface area contributed by atoms with Crippen LogP contribution in [0.1, 0.15) is 22.8 Å². The molecule has 2 aromatic rings. The molecule has 2 rings (SSSR count). The number of furan rings is 2. The molecule has 0 aliphatic carbocycles. The monoisotopic (exact) mass is 312 g/mol. The van der Waals surface area contributed by atoms with Crippen molar-refractivity contribution in [1.82, 2.24) is 9.62 Å². The molecular formula is C14H20N2O4S.